The highest BCUT2D eigenvalue weighted by molar-refractivity contribution is 5.81. The van der Waals surface area contributed by atoms with Crippen molar-refractivity contribution >= 4 is 12.1 Å². The Balaban J connectivity index is 2.72. The first-order chi connectivity index (χ1) is 9.21. The van der Waals surface area contributed by atoms with E-state index in [9.17, 15) is 14.4 Å². The number of aromatic amines is 2. The van der Waals surface area contributed by atoms with Crippen molar-refractivity contribution in [1.82, 2.24) is 15.3 Å². The third-order valence-corrected chi connectivity index (χ3v) is 2.25. The van der Waals surface area contributed by atoms with Gasteiger partial charge in [0.2, 0.25) is 0 Å². The van der Waals surface area contributed by atoms with Gasteiger partial charge < -0.3 is 24.8 Å². The SMILES string of the molecule is COC(=O)[C@H](Cc1c[nH]c(=O)[nH]1)NC(=O)OC(C)(C)C. The minimum absolute atomic E-state index is 0.0880. The van der Waals surface area contributed by atoms with Crippen molar-refractivity contribution in [3.05, 3.63) is 22.4 Å². The molecular formula is C12H19N3O5. The van der Waals surface area contributed by atoms with Gasteiger partial charge in [0.1, 0.15) is 11.6 Å². The zero-order valence-corrected chi connectivity index (χ0v) is 11.9. The van der Waals surface area contributed by atoms with Gasteiger partial charge in [-0.05, 0) is 20.8 Å². The topological polar surface area (TPSA) is 113 Å². The van der Waals surface area contributed by atoms with E-state index in [1.165, 1.54) is 13.3 Å². The van der Waals surface area contributed by atoms with Crippen LogP contribution in [-0.2, 0) is 20.7 Å². The molecule has 3 N–H and O–H groups in total. The summed E-state index contributed by atoms with van der Waals surface area (Å²) in [6, 6.07) is -0.943. The van der Waals surface area contributed by atoms with Crippen LogP contribution >= 0.6 is 0 Å². The van der Waals surface area contributed by atoms with E-state index in [0.29, 0.717) is 5.69 Å². The van der Waals surface area contributed by atoms with Crippen molar-refractivity contribution in [3.8, 4) is 0 Å². The molecule has 0 aliphatic carbocycles. The van der Waals surface area contributed by atoms with Gasteiger partial charge in [0.05, 0.1) is 7.11 Å². The summed E-state index contributed by atoms with van der Waals surface area (Å²) < 4.78 is 9.68. The second kappa shape index (κ2) is 6.27. The number of alkyl carbamates (subject to hydrolysis) is 1. The van der Waals surface area contributed by atoms with Crippen LogP contribution in [0.5, 0.6) is 0 Å². The fourth-order valence-corrected chi connectivity index (χ4v) is 1.49. The third-order valence-electron chi connectivity index (χ3n) is 2.25. The molecule has 20 heavy (non-hydrogen) atoms. The molecule has 1 amide bonds. The van der Waals surface area contributed by atoms with Gasteiger partial charge in [-0.1, -0.05) is 0 Å². The highest BCUT2D eigenvalue weighted by Crippen LogP contribution is 2.08. The van der Waals surface area contributed by atoms with Crippen LogP contribution in [0.15, 0.2) is 11.0 Å². The van der Waals surface area contributed by atoms with Gasteiger partial charge in [-0.25, -0.2) is 14.4 Å². The van der Waals surface area contributed by atoms with E-state index in [-0.39, 0.29) is 12.1 Å². The van der Waals surface area contributed by atoms with Crippen LogP contribution in [0, 0.1) is 0 Å². The maximum Gasteiger partial charge on any atom is 0.408 e. The molecule has 0 radical (unpaired) electrons. The minimum atomic E-state index is -0.943. The molecule has 0 saturated carbocycles. The lowest BCUT2D eigenvalue weighted by Gasteiger charge is -2.22. The van der Waals surface area contributed by atoms with Crippen molar-refractivity contribution < 1.29 is 19.1 Å². The minimum Gasteiger partial charge on any atom is -0.467 e. The Bertz CT molecular complexity index is 526. The predicted octanol–water partition coefficient (Wildman–Crippen LogP) is 0.312. The normalized spacial score (nSPS) is 12.6. The molecule has 8 heteroatoms. The number of carbonyl (C=O) groups excluding carboxylic acids is 2. The van der Waals surface area contributed by atoms with Gasteiger partial charge in [-0.15, -0.1) is 0 Å². The van der Waals surface area contributed by atoms with Crippen LogP contribution in [0.1, 0.15) is 26.5 Å². The number of ether oxygens (including phenoxy) is 2. The number of esters is 1. The average Bonchev–Trinajstić information content (AvgIpc) is 2.70. The van der Waals surface area contributed by atoms with Gasteiger partial charge in [0.15, 0.2) is 0 Å². The van der Waals surface area contributed by atoms with Crippen LogP contribution < -0.4 is 11.0 Å². The van der Waals surface area contributed by atoms with Crippen LogP contribution in [0.3, 0.4) is 0 Å². The lowest BCUT2D eigenvalue weighted by atomic mass is 10.1. The molecule has 1 heterocycles. The molecule has 8 nitrogen and oxygen atoms in total. The molecule has 0 saturated heterocycles. The van der Waals surface area contributed by atoms with E-state index in [1.54, 1.807) is 20.8 Å². The summed E-state index contributed by atoms with van der Waals surface area (Å²) in [6.45, 7) is 5.14. The van der Waals surface area contributed by atoms with Crippen molar-refractivity contribution in [1.29, 1.82) is 0 Å². The van der Waals surface area contributed by atoms with Crippen LogP contribution in [0.4, 0.5) is 4.79 Å². The molecule has 0 aliphatic rings. The number of nitrogens with one attached hydrogen (secondary N) is 3. The Morgan fingerprint density at radius 2 is 2.05 bits per heavy atom. The summed E-state index contributed by atoms with van der Waals surface area (Å²) in [5, 5.41) is 2.41. The lowest BCUT2D eigenvalue weighted by molar-refractivity contribution is -0.143. The summed E-state index contributed by atoms with van der Waals surface area (Å²) in [6.07, 6.45) is 0.783. The Kier molecular flexibility index (Phi) is 4.95. The number of hydrogen-bond donors (Lipinski definition) is 3. The number of methoxy groups -OCH3 is 1. The van der Waals surface area contributed by atoms with E-state index in [2.05, 4.69) is 20.0 Å². The second-order valence-electron chi connectivity index (χ2n) is 5.19. The first kappa shape index (κ1) is 15.8. The van der Waals surface area contributed by atoms with Crippen molar-refractivity contribution in [2.45, 2.75) is 38.8 Å². The van der Waals surface area contributed by atoms with Crippen molar-refractivity contribution in [2.24, 2.45) is 0 Å². The van der Waals surface area contributed by atoms with Crippen LogP contribution in [-0.4, -0.2) is 40.8 Å². The Morgan fingerprint density at radius 1 is 1.40 bits per heavy atom. The molecule has 0 aromatic carbocycles. The number of aromatic nitrogens is 2. The summed E-state index contributed by atoms with van der Waals surface area (Å²) >= 11 is 0. The third kappa shape index (κ3) is 5.17. The first-order valence-electron chi connectivity index (χ1n) is 6.05. The smallest absolute Gasteiger partial charge is 0.408 e. The number of rotatable bonds is 4. The average molecular weight is 285 g/mol. The van der Waals surface area contributed by atoms with E-state index >= 15 is 0 Å². The van der Waals surface area contributed by atoms with E-state index in [0.717, 1.165) is 0 Å². The fraction of sp³-hybridized carbons (Fsp3) is 0.583. The number of H-pyrrole nitrogens is 2. The van der Waals surface area contributed by atoms with Gasteiger partial charge in [-0.2, -0.15) is 0 Å². The van der Waals surface area contributed by atoms with Gasteiger partial charge in [0, 0.05) is 18.3 Å². The molecular weight excluding hydrogens is 266 g/mol. The molecule has 1 atom stereocenters. The number of amides is 1. The van der Waals surface area contributed by atoms with Crippen molar-refractivity contribution in [3.63, 3.8) is 0 Å². The molecule has 0 fully saturated rings. The van der Waals surface area contributed by atoms with E-state index < -0.39 is 23.7 Å². The largest absolute Gasteiger partial charge is 0.467 e. The van der Waals surface area contributed by atoms with Crippen molar-refractivity contribution in [2.75, 3.05) is 7.11 Å². The number of carbonyl (C=O) groups is 2. The summed E-state index contributed by atoms with van der Waals surface area (Å²) in [5.74, 6) is -0.627. The molecule has 0 spiro atoms. The highest BCUT2D eigenvalue weighted by atomic mass is 16.6. The maximum atomic E-state index is 11.7. The van der Waals surface area contributed by atoms with Gasteiger partial charge in [-0.3, -0.25) is 0 Å². The first-order valence-corrected chi connectivity index (χ1v) is 6.05. The zero-order valence-electron chi connectivity index (χ0n) is 11.9. The molecule has 0 bridgehead atoms. The standard InChI is InChI=1S/C12H19N3O5/c1-12(2,3)20-11(18)15-8(9(16)19-4)5-7-6-13-10(17)14-7/h6,8H,5H2,1-4H3,(H,15,18)(H2,13,14,17)/t8-/m0/s1. The quantitative estimate of drug-likeness (QED) is 0.689. The molecule has 0 unspecified atom stereocenters. The number of hydrogen-bond acceptors (Lipinski definition) is 5. The Morgan fingerprint density at radius 3 is 2.50 bits per heavy atom. The molecule has 1 aromatic heterocycles. The predicted molar refractivity (Wildman–Crippen MR) is 70.3 cm³/mol. The van der Waals surface area contributed by atoms with Crippen LogP contribution in [0.2, 0.25) is 0 Å². The summed E-state index contributed by atoms with van der Waals surface area (Å²) in [4.78, 5) is 39.2. The second-order valence-corrected chi connectivity index (χ2v) is 5.19. The van der Waals surface area contributed by atoms with Crippen LogP contribution in [0.25, 0.3) is 0 Å². The summed E-state index contributed by atoms with van der Waals surface area (Å²) in [7, 11) is 1.21. The molecule has 0 aliphatic heterocycles. The van der Waals surface area contributed by atoms with Gasteiger partial charge in [0.25, 0.3) is 0 Å². The van der Waals surface area contributed by atoms with E-state index in [1.807, 2.05) is 0 Å². The fourth-order valence-electron chi connectivity index (χ4n) is 1.49. The Hall–Kier alpha value is -2.25. The molecule has 112 valence electrons. The highest BCUT2D eigenvalue weighted by Gasteiger charge is 2.25. The number of imidazole rings is 1. The monoisotopic (exact) mass is 285 g/mol. The maximum absolute atomic E-state index is 11.7. The van der Waals surface area contributed by atoms with Gasteiger partial charge >= 0.3 is 17.8 Å². The summed E-state index contributed by atoms with van der Waals surface area (Å²) in [5.41, 5.74) is -0.588. The zero-order chi connectivity index (χ0) is 15.3. The molecule has 1 rings (SSSR count). The Labute approximate surface area is 115 Å². The lowest BCUT2D eigenvalue weighted by Crippen LogP contribution is -2.45. The van der Waals surface area contributed by atoms with E-state index in [4.69, 9.17) is 4.74 Å². The molecule has 1 aromatic rings.